The molecule has 4 nitrogen and oxygen atoms in total. The Kier molecular flexibility index (Phi) is 4.40. The number of rotatable bonds is 5. The van der Waals surface area contributed by atoms with Gasteiger partial charge in [0, 0.05) is 20.2 Å². The maximum atomic E-state index is 12.3. The van der Waals surface area contributed by atoms with Gasteiger partial charge in [0.05, 0.1) is 12.6 Å². The fraction of sp³-hybridized carbons (Fsp3) is 0.923. The quantitative estimate of drug-likeness (QED) is 0.725. The summed E-state index contributed by atoms with van der Waals surface area (Å²) in [7, 11) is 1.88. The molecule has 1 aliphatic carbocycles. The van der Waals surface area contributed by atoms with Gasteiger partial charge in [0.1, 0.15) is 0 Å². The van der Waals surface area contributed by atoms with Crippen molar-refractivity contribution in [2.75, 3.05) is 33.4 Å². The Bertz CT molecular complexity index is 270. The number of fused-ring (bicyclic) bond motifs is 1. The molecule has 0 aromatic heterocycles. The van der Waals surface area contributed by atoms with Crippen LogP contribution in [0.15, 0.2) is 0 Å². The molecule has 98 valence electrons. The first-order valence-corrected chi connectivity index (χ1v) is 6.80. The van der Waals surface area contributed by atoms with E-state index < -0.39 is 0 Å². The maximum Gasteiger partial charge on any atom is 0.239 e. The number of likely N-dealkylation sites (N-methyl/N-ethyl adjacent to an activating group) is 1. The van der Waals surface area contributed by atoms with Crippen molar-refractivity contribution in [3.05, 3.63) is 0 Å². The number of ether oxygens (including phenoxy) is 1. The van der Waals surface area contributed by atoms with Crippen LogP contribution in [0.4, 0.5) is 0 Å². The van der Waals surface area contributed by atoms with Gasteiger partial charge < -0.3 is 15.0 Å². The Morgan fingerprint density at radius 1 is 1.47 bits per heavy atom. The van der Waals surface area contributed by atoms with E-state index in [4.69, 9.17) is 4.74 Å². The molecule has 0 aromatic carbocycles. The molecule has 17 heavy (non-hydrogen) atoms. The van der Waals surface area contributed by atoms with Crippen LogP contribution in [-0.2, 0) is 9.53 Å². The van der Waals surface area contributed by atoms with E-state index in [0.29, 0.717) is 25.7 Å². The first-order chi connectivity index (χ1) is 8.24. The van der Waals surface area contributed by atoms with Crippen molar-refractivity contribution in [3.8, 4) is 0 Å². The molecule has 1 saturated carbocycles. The molecular weight excluding hydrogens is 216 g/mol. The highest BCUT2D eigenvalue weighted by Gasteiger charge is 2.43. The van der Waals surface area contributed by atoms with Gasteiger partial charge in [-0.2, -0.15) is 0 Å². The average molecular weight is 240 g/mol. The van der Waals surface area contributed by atoms with Gasteiger partial charge in [-0.3, -0.25) is 4.79 Å². The van der Waals surface area contributed by atoms with Crippen LogP contribution in [0, 0.1) is 11.8 Å². The third-order valence-corrected chi connectivity index (χ3v) is 4.16. The van der Waals surface area contributed by atoms with E-state index in [9.17, 15) is 4.79 Å². The van der Waals surface area contributed by atoms with E-state index >= 15 is 0 Å². The standard InChI is InChI=1S/C13H24N2O2/c1-3-17-8-7-15(2)13(16)12-11-6-4-5-10(11)9-14-12/h10-12,14H,3-9H2,1-2H3. The molecule has 2 aliphatic rings. The number of nitrogens with one attached hydrogen (secondary N) is 1. The third kappa shape index (κ3) is 2.80. The van der Waals surface area contributed by atoms with E-state index in [2.05, 4.69) is 5.32 Å². The highest BCUT2D eigenvalue weighted by Crippen LogP contribution is 2.38. The summed E-state index contributed by atoms with van der Waals surface area (Å²) in [6.45, 7) is 5.06. The van der Waals surface area contributed by atoms with Crippen molar-refractivity contribution in [3.63, 3.8) is 0 Å². The Hall–Kier alpha value is -0.610. The first-order valence-electron chi connectivity index (χ1n) is 6.80. The van der Waals surface area contributed by atoms with Crippen LogP contribution in [0.1, 0.15) is 26.2 Å². The van der Waals surface area contributed by atoms with E-state index in [-0.39, 0.29) is 11.9 Å². The second-order valence-corrected chi connectivity index (χ2v) is 5.20. The molecule has 0 bridgehead atoms. The average Bonchev–Trinajstić information content (AvgIpc) is 2.90. The molecule has 1 heterocycles. The number of amides is 1. The summed E-state index contributed by atoms with van der Waals surface area (Å²) >= 11 is 0. The van der Waals surface area contributed by atoms with Crippen molar-refractivity contribution >= 4 is 5.91 Å². The molecule has 1 amide bonds. The van der Waals surface area contributed by atoms with E-state index in [1.807, 2.05) is 18.9 Å². The maximum absolute atomic E-state index is 12.3. The molecule has 2 fully saturated rings. The topological polar surface area (TPSA) is 41.6 Å². The number of nitrogens with zero attached hydrogens (tertiary/aromatic N) is 1. The van der Waals surface area contributed by atoms with Crippen LogP contribution >= 0.6 is 0 Å². The lowest BCUT2D eigenvalue weighted by atomic mass is 9.93. The Morgan fingerprint density at radius 2 is 2.29 bits per heavy atom. The molecule has 2 rings (SSSR count). The lowest BCUT2D eigenvalue weighted by molar-refractivity contribution is -0.133. The fourth-order valence-electron chi connectivity index (χ4n) is 3.15. The van der Waals surface area contributed by atoms with Crippen LogP contribution in [0.5, 0.6) is 0 Å². The molecule has 3 unspecified atom stereocenters. The zero-order valence-corrected chi connectivity index (χ0v) is 10.9. The summed E-state index contributed by atoms with van der Waals surface area (Å²) in [5.41, 5.74) is 0. The van der Waals surface area contributed by atoms with Gasteiger partial charge in [-0.15, -0.1) is 0 Å². The van der Waals surface area contributed by atoms with Crippen molar-refractivity contribution < 1.29 is 9.53 Å². The van der Waals surface area contributed by atoms with Crippen LogP contribution in [0.3, 0.4) is 0 Å². The monoisotopic (exact) mass is 240 g/mol. The minimum atomic E-state index is 0.0640. The summed E-state index contributed by atoms with van der Waals surface area (Å²) < 4.78 is 5.29. The van der Waals surface area contributed by atoms with Crippen LogP contribution in [0.25, 0.3) is 0 Å². The molecular formula is C13H24N2O2. The summed E-state index contributed by atoms with van der Waals surface area (Å²) in [6.07, 6.45) is 3.81. The highest BCUT2D eigenvalue weighted by molar-refractivity contribution is 5.82. The van der Waals surface area contributed by atoms with Crippen molar-refractivity contribution in [1.82, 2.24) is 10.2 Å². The molecule has 4 heteroatoms. The number of hydrogen-bond donors (Lipinski definition) is 1. The predicted octanol–water partition coefficient (Wildman–Crippen LogP) is 0.869. The third-order valence-electron chi connectivity index (χ3n) is 4.16. The van der Waals surface area contributed by atoms with Crippen molar-refractivity contribution in [1.29, 1.82) is 0 Å². The minimum Gasteiger partial charge on any atom is -0.380 e. The van der Waals surface area contributed by atoms with Gasteiger partial charge in [-0.1, -0.05) is 6.42 Å². The van der Waals surface area contributed by atoms with Crippen LogP contribution < -0.4 is 5.32 Å². The van der Waals surface area contributed by atoms with E-state index in [0.717, 1.165) is 12.5 Å². The van der Waals surface area contributed by atoms with Gasteiger partial charge in [-0.05, 0) is 38.1 Å². The SMILES string of the molecule is CCOCCN(C)C(=O)C1NCC2CCCC21. The highest BCUT2D eigenvalue weighted by atomic mass is 16.5. The van der Waals surface area contributed by atoms with Gasteiger partial charge in [0.2, 0.25) is 5.91 Å². The zero-order chi connectivity index (χ0) is 12.3. The summed E-state index contributed by atoms with van der Waals surface area (Å²) in [4.78, 5) is 14.1. The number of carbonyl (C=O) groups excluding carboxylic acids is 1. The van der Waals surface area contributed by atoms with E-state index in [1.54, 1.807) is 0 Å². The van der Waals surface area contributed by atoms with Crippen molar-refractivity contribution in [2.24, 2.45) is 11.8 Å². The summed E-state index contributed by atoms with van der Waals surface area (Å²) in [6, 6.07) is 0.0640. The molecule has 1 N–H and O–H groups in total. The predicted molar refractivity (Wildman–Crippen MR) is 66.8 cm³/mol. The second-order valence-electron chi connectivity index (χ2n) is 5.20. The second kappa shape index (κ2) is 5.83. The van der Waals surface area contributed by atoms with Crippen molar-refractivity contribution in [2.45, 2.75) is 32.2 Å². The number of carbonyl (C=O) groups is 1. The first kappa shape index (κ1) is 12.8. The van der Waals surface area contributed by atoms with Crippen LogP contribution in [0.2, 0.25) is 0 Å². The van der Waals surface area contributed by atoms with Gasteiger partial charge in [-0.25, -0.2) is 0 Å². The number of hydrogen-bond acceptors (Lipinski definition) is 3. The summed E-state index contributed by atoms with van der Waals surface area (Å²) in [5.74, 6) is 1.57. The molecule has 0 aromatic rings. The fourth-order valence-corrected chi connectivity index (χ4v) is 3.15. The van der Waals surface area contributed by atoms with Gasteiger partial charge >= 0.3 is 0 Å². The molecule has 1 aliphatic heterocycles. The van der Waals surface area contributed by atoms with E-state index in [1.165, 1.54) is 19.3 Å². The molecule has 1 saturated heterocycles. The van der Waals surface area contributed by atoms with Crippen LogP contribution in [-0.4, -0.2) is 50.2 Å². The summed E-state index contributed by atoms with van der Waals surface area (Å²) in [5, 5.41) is 3.40. The molecule has 0 radical (unpaired) electrons. The normalized spacial score (nSPS) is 31.5. The Labute approximate surface area is 104 Å². The smallest absolute Gasteiger partial charge is 0.239 e. The lowest BCUT2D eigenvalue weighted by Crippen LogP contribution is -2.45. The Balaban J connectivity index is 1.82. The molecule has 0 spiro atoms. The van der Waals surface area contributed by atoms with Gasteiger partial charge in [0.15, 0.2) is 0 Å². The zero-order valence-electron chi connectivity index (χ0n) is 10.9. The largest absolute Gasteiger partial charge is 0.380 e. The lowest BCUT2D eigenvalue weighted by Gasteiger charge is -2.24. The Morgan fingerprint density at radius 3 is 3.06 bits per heavy atom. The molecule has 3 atom stereocenters. The van der Waals surface area contributed by atoms with Gasteiger partial charge in [0.25, 0.3) is 0 Å². The minimum absolute atomic E-state index is 0.0640.